The predicted octanol–water partition coefficient (Wildman–Crippen LogP) is 20.6. The summed E-state index contributed by atoms with van der Waals surface area (Å²) < 4.78 is 50.9. The molecule has 0 aliphatic rings. The van der Waals surface area contributed by atoms with Gasteiger partial charge in [0.2, 0.25) is 5.69 Å². The normalized spacial score (nSPS) is 11.9. The SMILES string of the molecule is [C-]#[N+]c1c(-n2c3ccc(-c4cc(C)cc(C)c4)cc3c3cc(-c4cc(C)cc(C)c4)ccc32)ccc(-c2c(C)cccc2C(F)(F)F)c1-n1c2ccc(-c3cc(C)cc(C)c3)cc2c2cc(-c3cc(C)cc(C)c3)ccc21. The molecule has 3 nitrogen and oxygen atoms in total. The molecular weight excluding hydrogens is 952 g/mol. The zero-order valence-electron chi connectivity index (χ0n) is 44.7. The van der Waals surface area contributed by atoms with Crippen LogP contribution in [0.4, 0.5) is 18.9 Å². The van der Waals surface area contributed by atoms with Gasteiger partial charge in [0.05, 0.1) is 45.6 Å². The summed E-state index contributed by atoms with van der Waals surface area (Å²) in [5.74, 6) is 0. The van der Waals surface area contributed by atoms with Crippen molar-refractivity contribution in [3.8, 4) is 67.0 Å². The second kappa shape index (κ2) is 18.4. The van der Waals surface area contributed by atoms with Gasteiger partial charge in [-0.2, -0.15) is 13.2 Å². The van der Waals surface area contributed by atoms with E-state index in [1.54, 1.807) is 13.0 Å². The second-order valence-corrected chi connectivity index (χ2v) is 21.5. The van der Waals surface area contributed by atoms with Crippen LogP contribution in [-0.4, -0.2) is 9.13 Å². The summed E-state index contributed by atoms with van der Waals surface area (Å²) in [4.78, 5) is 4.48. The number of halogens is 3. The third-order valence-corrected chi connectivity index (χ3v) is 15.3. The van der Waals surface area contributed by atoms with Crippen LogP contribution in [0.15, 0.2) is 176 Å². The number of nitrogens with zero attached hydrogens (tertiary/aromatic N) is 3. The van der Waals surface area contributed by atoms with Crippen LogP contribution in [0.2, 0.25) is 0 Å². The third kappa shape index (κ3) is 8.57. The van der Waals surface area contributed by atoms with E-state index in [-0.39, 0.29) is 11.3 Å². The first kappa shape index (κ1) is 49.0. The lowest BCUT2D eigenvalue weighted by molar-refractivity contribution is -0.137. The van der Waals surface area contributed by atoms with Crippen molar-refractivity contribution in [3.05, 3.63) is 243 Å². The number of aromatic nitrogens is 2. The molecule has 0 aliphatic carbocycles. The first-order valence-corrected chi connectivity index (χ1v) is 26.1. The van der Waals surface area contributed by atoms with E-state index >= 15 is 13.2 Å². The lowest BCUT2D eigenvalue weighted by atomic mass is 9.92. The number of rotatable bonds is 7. The van der Waals surface area contributed by atoms with Gasteiger partial charge >= 0.3 is 6.18 Å². The van der Waals surface area contributed by atoms with E-state index in [9.17, 15) is 6.57 Å². The van der Waals surface area contributed by atoms with Crippen LogP contribution in [0.25, 0.3) is 115 Å². The molecule has 0 saturated carbocycles. The molecule has 12 aromatic rings. The van der Waals surface area contributed by atoms with E-state index in [2.05, 4.69) is 215 Å². The Labute approximate surface area is 448 Å². The van der Waals surface area contributed by atoms with Gasteiger partial charge in [-0.15, -0.1) is 0 Å². The van der Waals surface area contributed by atoms with Gasteiger partial charge in [-0.05, 0) is 184 Å². The highest BCUT2D eigenvalue weighted by Gasteiger charge is 2.36. The molecule has 0 N–H and O–H groups in total. The van der Waals surface area contributed by atoms with Gasteiger partial charge in [-0.1, -0.05) is 160 Å². The van der Waals surface area contributed by atoms with Crippen molar-refractivity contribution < 1.29 is 13.2 Å². The smallest absolute Gasteiger partial charge is 0.319 e. The predicted molar refractivity (Wildman–Crippen MR) is 316 cm³/mol. The molecule has 0 aliphatic heterocycles. The van der Waals surface area contributed by atoms with Crippen molar-refractivity contribution in [1.82, 2.24) is 9.13 Å². The summed E-state index contributed by atoms with van der Waals surface area (Å²) in [5, 5.41) is 3.84. The van der Waals surface area contributed by atoms with E-state index in [4.69, 9.17) is 0 Å². The first-order chi connectivity index (χ1) is 36.9. The Hall–Kier alpha value is -8.92. The molecule has 0 radical (unpaired) electrons. The van der Waals surface area contributed by atoms with Crippen molar-refractivity contribution in [2.24, 2.45) is 0 Å². The average molecular weight is 1010 g/mol. The van der Waals surface area contributed by atoms with Crippen molar-refractivity contribution in [2.45, 2.75) is 68.5 Å². The van der Waals surface area contributed by atoms with Gasteiger partial charge in [0.25, 0.3) is 0 Å². The minimum absolute atomic E-state index is 0.0403. The minimum atomic E-state index is -4.69. The average Bonchev–Trinajstić information content (AvgIpc) is 4.14. The Morgan fingerprint density at radius 1 is 0.364 bits per heavy atom. The van der Waals surface area contributed by atoms with Crippen LogP contribution in [0, 0.1) is 68.9 Å². The standard InChI is InChI=1S/C71H56F3N3/c1-40-24-41(2)29-53(28-40)49-14-19-63-58(36-49)59-37-50(54-30-42(3)25-43(4)31-54)15-20-64(59)76(63)67-23-18-57(68-48(9)12-11-13-62(68)71(72,73)74)70(69(67)75-10)77-65-21-16-51(55-32-44(5)26-45(6)33-55)38-60(65)61-39-52(17-22-66(61)77)56-34-46(7)27-47(8)35-56/h11-39H,1-9H3. The van der Waals surface area contributed by atoms with E-state index in [1.807, 2.05) is 12.1 Å². The maximum Gasteiger partial charge on any atom is 0.417 e. The van der Waals surface area contributed by atoms with Crippen molar-refractivity contribution in [1.29, 1.82) is 0 Å². The highest BCUT2D eigenvalue weighted by Crippen LogP contribution is 2.50. The molecule has 0 fully saturated rings. The molecule has 0 amide bonds. The Bertz CT molecular complexity index is 4200. The van der Waals surface area contributed by atoms with Crippen LogP contribution in [-0.2, 0) is 6.18 Å². The van der Waals surface area contributed by atoms with Crippen molar-refractivity contribution >= 4 is 49.3 Å². The van der Waals surface area contributed by atoms with E-state index in [0.717, 1.165) is 116 Å². The zero-order valence-corrected chi connectivity index (χ0v) is 44.7. The second-order valence-electron chi connectivity index (χ2n) is 21.5. The third-order valence-electron chi connectivity index (χ3n) is 15.3. The number of benzene rings is 10. The van der Waals surface area contributed by atoms with E-state index < -0.39 is 11.7 Å². The number of alkyl halides is 3. The summed E-state index contributed by atoms with van der Waals surface area (Å²) in [6, 6.07) is 60.1. The van der Waals surface area contributed by atoms with Crippen LogP contribution < -0.4 is 0 Å². The van der Waals surface area contributed by atoms with Gasteiger partial charge in [0.1, 0.15) is 0 Å². The largest absolute Gasteiger partial charge is 0.417 e. The lowest BCUT2D eigenvalue weighted by Crippen LogP contribution is -2.10. The Balaban J connectivity index is 1.22. The number of aryl methyl sites for hydroxylation is 9. The molecule has 2 aromatic heterocycles. The number of hydrogen-bond acceptors (Lipinski definition) is 0. The quantitative estimate of drug-likeness (QED) is 0.141. The zero-order chi connectivity index (χ0) is 53.8. The van der Waals surface area contributed by atoms with E-state index in [0.29, 0.717) is 22.5 Å². The summed E-state index contributed by atoms with van der Waals surface area (Å²) in [6.07, 6.45) is -4.69. The molecule has 0 saturated heterocycles. The highest BCUT2D eigenvalue weighted by atomic mass is 19.4. The van der Waals surface area contributed by atoms with Crippen molar-refractivity contribution in [2.75, 3.05) is 0 Å². The topological polar surface area (TPSA) is 14.2 Å². The minimum Gasteiger partial charge on any atom is -0.319 e. The van der Waals surface area contributed by atoms with Gasteiger partial charge in [-0.25, -0.2) is 4.85 Å². The van der Waals surface area contributed by atoms with Crippen LogP contribution in [0.5, 0.6) is 0 Å². The van der Waals surface area contributed by atoms with Gasteiger partial charge < -0.3 is 9.13 Å². The molecule has 2 heterocycles. The Morgan fingerprint density at radius 3 is 1.03 bits per heavy atom. The first-order valence-electron chi connectivity index (χ1n) is 26.1. The van der Waals surface area contributed by atoms with E-state index in [1.165, 1.54) is 28.3 Å². The molecule has 6 heteroatoms. The number of hydrogen-bond donors (Lipinski definition) is 0. The molecular formula is C71H56F3N3. The van der Waals surface area contributed by atoms with Crippen LogP contribution >= 0.6 is 0 Å². The fourth-order valence-electron chi connectivity index (χ4n) is 12.4. The summed E-state index contributed by atoms with van der Waals surface area (Å²) >= 11 is 0. The maximum atomic E-state index is 15.6. The van der Waals surface area contributed by atoms with Gasteiger partial charge in [-0.3, -0.25) is 0 Å². The molecule has 0 bridgehead atoms. The molecule has 376 valence electrons. The van der Waals surface area contributed by atoms with Gasteiger partial charge in [0.15, 0.2) is 0 Å². The van der Waals surface area contributed by atoms with Crippen LogP contribution in [0.3, 0.4) is 0 Å². The maximum absolute atomic E-state index is 15.6. The highest BCUT2D eigenvalue weighted by molar-refractivity contribution is 6.15. The molecule has 77 heavy (non-hydrogen) atoms. The monoisotopic (exact) mass is 1010 g/mol. The molecule has 0 atom stereocenters. The fourth-order valence-corrected chi connectivity index (χ4v) is 12.4. The Morgan fingerprint density at radius 2 is 0.701 bits per heavy atom. The summed E-state index contributed by atoms with van der Waals surface area (Å²) in [6.45, 7) is 28.0. The molecule has 12 rings (SSSR count). The van der Waals surface area contributed by atoms with Crippen LogP contribution in [0.1, 0.15) is 55.6 Å². The fraction of sp³-hybridized carbons (Fsp3) is 0.141. The lowest BCUT2D eigenvalue weighted by Gasteiger charge is -2.23. The molecule has 0 unspecified atom stereocenters. The molecule has 0 spiro atoms. The Kier molecular flexibility index (Phi) is 11.7. The molecule has 10 aromatic carbocycles. The van der Waals surface area contributed by atoms with Gasteiger partial charge in [0, 0.05) is 21.5 Å². The van der Waals surface area contributed by atoms with Crippen molar-refractivity contribution in [3.63, 3.8) is 0 Å². The summed E-state index contributed by atoms with van der Waals surface area (Å²) in [5.41, 5.74) is 22.3. The summed E-state index contributed by atoms with van der Waals surface area (Å²) in [7, 11) is 0. The number of fused-ring (bicyclic) bond motifs is 6.